The lowest BCUT2D eigenvalue weighted by Crippen LogP contribution is -2.35. The number of nitriles is 1. The highest BCUT2D eigenvalue weighted by Crippen LogP contribution is 2.44. The number of ketones is 1. The molecule has 2 rings (SSSR count). The van der Waals surface area contributed by atoms with Gasteiger partial charge in [-0.3, -0.25) is 9.59 Å². The van der Waals surface area contributed by atoms with Crippen molar-refractivity contribution in [2.75, 3.05) is 5.75 Å². The molecule has 1 heterocycles. The second-order valence-corrected chi connectivity index (χ2v) is 7.40. The van der Waals surface area contributed by atoms with Crippen LogP contribution in [0, 0.1) is 28.6 Å². The molecular formula is C15H19N3O2S. The average molecular weight is 305 g/mol. The van der Waals surface area contributed by atoms with E-state index >= 15 is 0 Å². The molecule has 0 aromatic heterocycles. The molecule has 1 aliphatic heterocycles. The van der Waals surface area contributed by atoms with Crippen LogP contribution < -0.4 is 5.73 Å². The molecule has 0 fully saturated rings. The SMILES string of the molecule is C[C@H]1C2=C(CC(C)(C)CC2=O)N=C(SCC(N)=O)C1C#N. The molecular weight excluding hydrogens is 286 g/mol. The van der Waals surface area contributed by atoms with Gasteiger partial charge in [0.2, 0.25) is 5.91 Å². The highest BCUT2D eigenvalue weighted by molar-refractivity contribution is 8.14. The molecule has 21 heavy (non-hydrogen) atoms. The lowest BCUT2D eigenvalue weighted by Gasteiger charge is -2.36. The quantitative estimate of drug-likeness (QED) is 0.844. The number of nitrogens with two attached hydrogens (primary N) is 1. The Hall–Kier alpha value is -1.61. The largest absolute Gasteiger partial charge is 0.369 e. The second kappa shape index (κ2) is 5.64. The first-order chi connectivity index (χ1) is 9.75. The Morgan fingerprint density at radius 2 is 2.19 bits per heavy atom. The summed E-state index contributed by atoms with van der Waals surface area (Å²) < 4.78 is 0. The smallest absolute Gasteiger partial charge is 0.227 e. The minimum absolute atomic E-state index is 0.0942. The summed E-state index contributed by atoms with van der Waals surface area (Å²) in [5.41, 5.74) is 6.53. The van der Waals surface area contributed by atoms with Crippen LogP contribution >= 0.6 is 11.8 Å². The molecule has 0 aromatic rings. The van der Waals surface area contributed by atoms with Gasteiger partial charge in [-0.15, -0.1) is 0 Å². The van der Waals surface area contributed by atoms with Gasteiger partial charge in [0.05, 0.1) is 16.9 Å². The maximum Gasteiger partial charge on any atom is 0.227 e. The number of primary amides is 1. The minimum Gasteiger partial charge on any atom is -0.369 e. The Balaban J connectivity index is 2.40. The second-order valence-electron chi connectivity index (χ2n) is 6.40. The highest BCUT2D eigenvalue weighted by atomic mass is 32.2. The summed E-state index contributed by atoms with van der Waals surface area (Å²) in [6.45, 7) is 5.97. The summed E-state index contributed by atoms with van der Waals surface area (Å²) in [4.78, 5) is 27.9. The number of allylic oxidation sites excluding steroid dienone is 2. The summed E-state index contributed by atoms with van der Waals surface area (Å²) >= 11 is 1.21. The van der Waals surface area contributed by atoms with Crippen molar-refractivity contribution < 1.29 is 9.59 Å². The van der Waals surface area contributed by atoms with E-state index in [-0.39, 0.29) is 22.9 Å². The van der Waals surface area contributed by atoms with Crippen molar-refractivity contribution in [2.24, 2.45) is 28.0 Å². The van der Waals surface area contributed by atoms with Crippen molar-refractivity contribution in [2.45, 2.75) is 33.6 Å². The van der Waals surface area contributed by atoms with Crippen LogP contribution in [-0.4, -0.2) is 22.5 Å². The van der Waals surface area contributed by atoms with Crippen molar-refractivity contribution >= 4 is 28.5 Å². The molecule has 0 saturated heterocycles. The molecule has 112 valence electrons. The number of hydrogen-bond acceptors (Lipinski definition) is 5. The normalized spacial score (nSPS) is 27.7. The summed E-state index contributed by atoms with van der Waals surface area (Å²) in [6.07, 6.45) is 1.21. The van der Waals surface area contributed by atoms with E-state index in [1.165, 1.54) is 11.8 Å². The molecule has 1 aliphatic carbocycles. The maximum absolute atomic E-state index is 12.4. The van der Waals surface area contributed by atoms with Gasteiger partial charge in [-0.1, -0.05) is 32.5 Å². The third-order valence-corrected chi connectivity index (χ3v) is 4.93. The average Bonchev–Trinajstić information content (AvgIpc) is 2.33. The van der Waals surface area contributed by atoms with Gasteiger partial charge in [-0.05, 0) is 11.8 Å². The first-order valence-electron chi connectivity index (χ1n) is 6.91. The number of amides is 1. The molecule has 5 nitrogen and oxygen atoms in total. The van der Waals surface area contributed by atoms with Gasteiger partial charge < -0.3 is 5.73 Å². The predicted molar refractivity (Wildman–Crippen MR) is 82.4 cm³/mol. The van der Waals surface area contributed by atoms with E-state index in [9.17, 15) is 14.9 Å². The fraction of sp³-hybridized carbons (Fsp3) is 0.600. The Kier molecular flexibility index (Phi) is 4.24. The molecule has 0 aromatic carbocycles. The van der Waals surface area contributed by atoms with Gasteiger partial charge >= 0.3 is 0 Å². The summed E-state index contributed by atoms with van der Waals surface area (Å²) in [6, 6.07) is 2.21. The Bertz CT molecular complexity index is 599. The van der Waals surface area contributed by atoms with E-state index in [1.807, 2.05) is 20.8 Å². The van der Waals surface area contributed by atoms with Crippen LogP contribution in [0.1, 0.15) is 33.6 Å². The van der Waals surface area contributed by atoms with Crippen LogP contribution in [0.25, 0.3) is 0 Å². The third kappa shape index (κ3) is 3.18. The van der Waals surface area contributed by atoms with E-state index in [0.717, 1.165) is 12.1 Å². The van der Waals surface area contributed by atoms with Gasteiger partial charge in [-0.2, -0.15) is 5.26 Å². The Labute approximate surface area is 128 Å². The first kappa shape index (κ1) is 15.8. The third-order valence-electron chi connectivity index (χ3n) is 3.86. The van der Waals surface area contributed by atoms with Crippen LogP contribution in [0.2, 0.25) is 0 Å². The molecule has 1 amide bonds. The van der Waals surface area contributed by atoms with Crippen molar-refractivity contribution in [3.05, 3.63) is 11.3 Å². The van der Waals surface area contributed by atoms with Crippen molar-refractivity contribution in [1.82, 2.24) is 0 Å². The number of carbonyl (C=O) groups is 2. The fourth-order valence-electron chi connectivity index (χ4n) is 2.94. The molecule has 2 N–H and O–H groups in total. The standard InChI is InChI=1S/C15H19N3O2S/c1-8-9(6-16)14(21-7-12(17)20)18-10-4-15(2,3)5-11(19)13(8)10/h8-9H,4-5,7H2,1-3H3,(H2,17,20)/t8-,9?/m1/s1. The van der Waals surface area contributed by atoms with Crippen molar-refractivity contribution in [1.29, 1.82) is 5.26 Å². The van der Waals surface area contributed by atoms with Crippen LogP contribution in [0.4, 0.5) is 0 Å². The van der Waals surface area contributed by atoms with E-state index in [0.29, 0.717) is 17.0 Å². The van der Waals surface area contributed by atoms with E-state index in [2.05, 4.69) is 11.1 Å². The van der Waals surface area contributed by atoms with Crippen LogP contribution in [0.5, 0.6) is 0 Å². The summed E-state index contributed by atoms with van der Waals surface area (Å²) in [5.74, 6) is -0.896. The van der Waals surface area contributed by atoms with Crippen LogP contribution in [0.3, 0.4) is 0 Å². The Morgan fingerprint density at radius 1 is 1.52 bits per heavy atom. The zero-order chi connectivity index (χ0) is 15.8. The Morgan fingerprint density at radius 3 is 2.76 bits per heavy atom. The number of aliphatic imine (C=N–C) groups is 1. The van der Waals surface area contributed by atoms with Gasteiger partial charge in [0.25, 0.3) is 0 Å². The van der Waals surface area contributed by atoms with Crippen molar-refractivity contribution in [3.8, 4) is 6.07 Å². The van der Waals surface area contributed by atoms with Gasteiger partial charge in [-0.25, -0.2) is 4.99 Å². The molecule has 0 bridgehead atoms. The maximum atomic E-state index is 12.4. The fourth-order valence-corrected chi connectivity index (χ4v) is 3.84. The monoisotopic (exact) mass is 305 g/mol. The molecule has 0 saturated carbocycles. The molecule has 2 atom stereocenters. The van der Waals surface area contributed by atoms with E-state index in [4.69, 9.17) is 5.73 Å². The van der Waals surface area contributed by atoms with Crippen molar-refractivity contribution in [3.63, 3.8) is 0 Å². The number of Topliss-reactive ketones (excluding diaryl/α,β-unsaturated/α-hetero) is 1. The topological polar surface area (TPSA) is 96.3 Å². The molecule has 6 heteroatoms. The lowest BCUT2D eigenvalue weighted by atomic mass is 9.70. The zero-order valence-corrected chi connectivity index (χ0v) is 13.3. The van der Waals surface area contributed by atoms with Crippen LogP contribution in [-0.2, 0) is 9.59 Å². The summed E-state index contributed by atoms with van der Waals surface area (Å²) in [7, 11) is 0. The number of carbonyl (C=O) groups excluding carboxylic acids is 2. The number of hydrogen-bond donors (Lipinski definition) is 1. The lowest BCUT2D eigenvalue weighted by molar-refractivity contribution is -0.119. The van der Waals surface area contributed by atoms with Gasteiger partial charge in [0, 0.05) is 23.6 Å². The highest BCUT2D eigenvalue weighted by Gasteiger charge is 2.41. The molecule has 1 unspecified atom stereocenters. The minimum atomic E-state index is -0.474. The van der Waals surface area contributed by atoms with E-state index in [1.54, 1.807) is 0 Å². The number of nitrogens with zero attached hydrogens (tertiary/aromatic N) is 2. The van der Waals surface area contributed by atoms with Gasteiger partial charge in [0.15, 0.2) is 5.78 Å². The molecule has 2 aliphatic rings. The van der Waals surface area contributed by atoms with Crippen LogP contribution in [0.15, 0.2) is 16.3 Å². The zero-order valence-electron chi connectivity index (χ0n) is 12.5. The molecule has 0 radical (unpaired) electrons. The molecule has 0 spiro atoms. The summed E-state index contributed by atoms with van der Waals surface area (Å²) in [5, 5.41) is 9.99. The number of rotatable bonds is 2. The predicted octanol–water partition coefficient (Wildman–Crippen LogP) is 2.04. The number of thioether (sulfide) groups is 1. The first-order valence-corrected chi connectivity index (χ1v) is 7.89. The van der Waals surface area contributed by atoms with Gasteiger partial charge in [0.1, 0.15) is 5.92 Å². The van der Waals surface area contributed by atoms with E-state index < -0.39 is 11.8 Å².